The van der Waals surface area contributed by atoms with Crippen LogP contribution in [0, 0.1) is 11.3 Å². The second kappa shape index (κ2) is 3.56. The van der Waals surface area contributed by atoms with Gasteiger partial charge in [0, 0.05) is 18.5 Å². The highest BCUT2D eigenvalue weighted by Gasteiger charge is 2.25. The Labute approximate surface area is 74.9 Å². The molecule has 0 radical (unpaired) electrons. The van der Waals surface area contributed by atoms with Crippen LogP contribution in [0.4, 0.5) is 0 Å². The molecular weight excluding hydrogens is 150 g/mol. The first-order chi connectivity index (χ1) is 5.53. The zero-order valence-electron chi connectivity index (χ0n) is 8.34. The molecule has 0 N–H and O–H groups in total. The summed E-state index contributed by atoms with van der Waals surface area (Å²) in [5.74, 6) is 0.914. The van der Waals surface area contributed by atoms with Crippen LogP contribution < -0.4 is 0 Å². The predicted molar refractivity (Wildman–Crippen MR) is 50.1 cm³/mol. The molecule has 0 aromatic heterocycles. The van der Waals surface area contributed by atoms with Crippen LogP contribution in [-0.4, -0.2) is 31.3 Å². The third-order valence-corrected chi connectivity index (χ3v) is 2.26. The molecule has 1 aliphatic carbocycles. The summed E-state index contributed by atoms with van der Waals surface area (Å²) in [6.07, 6.45) is 3.81. The number of nitrogens with zero attached hydrogens (tertiary/aromatic N) is 1. The summed E-state index contributed by atoms with van der Waals surface area (Å²) in [4.78, 5) is 12.9. The fourth-order valence-electron chi connectivity index (χ4n) is 1.54. The fraction of sp³-hybridized carbons (Fsp3) is 0.900. The highest BCUT2D eigenvalue weighted by Crippen LogP contribution is 2.29. The molecule has 0 aromatic carbocycles. The average molecular weight is 169 g/mol. The summed E-state index contributed by atoms with van der Waals surface area (Å²) in [5.41, 5.74) is -0.177. The maximum atomic E-state index is 10.6. The zero-order chi connectivity index (χ0) is 9.19. The van der Waals surface area contributed by atoms with Crippen LogP contribution in [0.3, 0.4) is 0 Å². The lowest BCUT2D eigenvalue weighted by Crippen LogP contribution is -2.33. The molecule has 2 heteroatoms. The monoisotopic (exact) mass is 169 g/mol. The average Bonchev–Trinajstić information content (AvgIpc) is 2.70. The summed E-state index contributed by atoms with van der Waals surface area (Å²) >= 11 is 0. The van der Waals surface area contributed by atoms with Crippen molar-refractivity contribution < 1.29 is 4.79 Å². The van der Waals surface area contributed by atoms with Crippen LogP contribution in [0.2, 0.25) is 0 Å². The van der Waals surface area contributed by atoms with Crippen LogP contribution in [0.15, 0.2) is 0 Å². The molecule has 1 saturated carbocycles. The van der Waals surface area contributed by atoms with Gasteiger partial charge >= 0.3 is 0 Å². The van der Waals surface area contributed by atoms with Crippen LogP contribution in [0.1, 0.15) is 26.7 Å². The molecule has 0 saturated heterocycles. The van der Waals surface area contributed by atoms with E-state index in [1.54, 1.807) is 0 Å². The van der Waals surface area contributed by atoms with Gasteiger partial charge in [0.1, 0.15) is 6.29 Å². The molecular formula is C10H19NO. The molecule has 0 spiro atoms. The number of carbonyl (C=O) groups excluding carboxylic acids is 1. The Hall–Kier alpha value is -0.370. The standard InChI is InChI=1S/C10H19NO/c1-10(2,8-12)7-11(3)6-9-4-5-9/h8-9H,4-7H2,1-3H3. The van der Waals surface area contributed by atoms with Crippen molar-refractivity contribution >= 4 is 6.29 Å². The minimum Gasteiger partial charge on any atom is -0.305 e. The Balaban J connectivity index is 2.23. The Morgan fingerprint density at radius 1 is 1.50 bits per heavy atom. The predicted octanol–water partition coefficient (Wildman–Crippen LogP) is 1.55. The minimum absolute atomic E-state index is 0.177. The molecule has 0 amide bonds. The quantitative estimate of drug-likeness (QED) is 0.582. The van der Waals surface area contributed by atoms with Gasteiger partial charge in [0.2, 0.25) is 0 Å². The van der Waals surface area contributed by atoms with Crippen molar-refractivity contribution in [3.63, 3.8) is 0 Å². The normalized spacial score (nSPS) is 18.3. The third kappa shape index (κ3) is 3.35. The summed E-state index contributed by atoms with van der Waals surface area (Å²) in [5, 5.41) is 0. The van der Waals surface area contributed by atoms with E-state index in [1.165, 1.54) is 12.8 Å². The SMILES string of the molecule is CN(CC1CC1)CC(C)(C)C=O. The van der Waals surface area contributed by atoms with E-state index in [0.717, 1.165) is 25.3 Å². The Kier molecular flexibility index (Phi) is 2.89. The van der Waals surface area contributed by atoms with E-state index in [0.29, 0.717) is 0 Å². The summed E-state index contributed by atoms with van der Waals surface area (Å²) in [6.45, 7) is 6.02. The van der Waals surface area contributed by atoms with Gasteiger partial charge in [-0.15, -0.1) is 0 Å². The highest BCUT2D eigenvalue weighted by atomic mass is 16.1. The molecule has 70 valence electrons. The molecule has 0 heterocycles. The maximum Gasteiger partial charge on any atom is 0.126 e. The highest BCUT2D eigenvalue weighted by molar-refractivity contribution is 5.58. The molecule has 1 rings (SSSR count). The van der Waals surface area contributed by atoms with Gasteiger partial charge < -0.3 is 9.69 Å². The summed E-state index contributed by atoms with van der Waals surface area (Å²) in [7, 11) is 2.10. The van der Waals surface area contributed by atoms with Crippen molar-refractivity contribution in [1.82, 2.24) is 4.90 Å². The Morgan fingerprint density at radius 3 is 2.50 bits per heavy atom. The Bertz CT molecular complexity index is 161. The zero-order valence-corrected chi connectivity index (χ0v) is 8.34. The molecule has 0 aromatic rings. The van der Waals surface area contributed by atoms with Crippen molar-refractivity contribution in [3.8, 4) is 0 Å². The number of hydrogen-bond acceptors (Lipinski definition) is 2. The lowest BCUT2D eigenvalue weighted by Gasteiger charge is -2.25. The van der Waals surface area contributed by atoms with Crippen molar-refractivity contribution in [3.05, 3.63) is 0 Å². The maximum absolute atomic E-state index is 10.6. The van der Waals surface area contributed by atoms with Crippen molar-refractivity contribution in [2.24, 2.45) is 11.3 Å². The van der Waals surface area contributed by atoms with E-state index in [4.69, 9.17) is 0 Å². The van der Waals surface area contributed by atoms with Gasteiger partial charge in [-0.2, -0.15) is 0 Å². The van der Waals surface area contributed by atoms with Crippen LogP contribution >= 0.6 is 0 Å². The van der Waals surface area contributed by atoms with E-state index < -0.39 is 0 Å². The van der Waals surface area contributed by atoms with Gasteiger partial charge in [0.25, 0.3) is 0 Å². The Morgan fingerprint density at radius 2 is 2.08 bits per heavy atom. The van der Waals surface area contributed by atoms with E-state index in [1.807, 2.05) is 13.8 Å². The number of hydrogen-bond donors (Lipinski definition) is 0. The third-order valence-electron chi connectivity index (χ3n) is 2.26. The molecule has 1 aliphatic rings. The number of rotatable bonds is 5. The van der Waals surface area contributed by atoms with E-state index in [9.17, 15) is 4.79 Å². The molecule has 0 atom stereocenters. The second-order valence-electron chi connectivity index (χ2n) is 4.75. The summed E-state index contributed by atoms with van der Waals surface area (Å²) < 4.78 is 0. The lowest BCUT2D eigenvalue weighted by atomic mass is 9.95. The van der Waals surface area contributed by atoms with Gasteiger partial charge in [-0.3, -0.25) is 0 Å². The van der Waals surface area contributed by atoms with Crippen molar-refractivity contribution in [1.29, 1.82) is 0 Å². The molecule has 0 unspecified atom stereocenters. The van der Waals surface area contributed by atoms with Gasteiger partial charge in [0.05, 0.1) is 0 Å². The second-order valence-corrected chi connectivity index (χ2v) is 4.75. The molecule has 12 heavy (non-hydrogen) atoms. The first-order valence-electron chi connectivity index (χ1n) is 4.68. The summed E-state index contributed by atoms with van der Waals surface area (Å²) in [6, 6.07) is 0. The van der Waals surface area contributed by atoms with E-state index in [-0.39, 0.29) is 5.41 Å². The number of aldehydes is 1. The smallest absolute Gasteiger partial charge is 0.126 e. The van der Waals surface area contributed by atoms with E-state index in [2.05, 4.69) is 11.9 Å². The van der Waals surface area contributed by atoms with Gasteiger partial charge in [-0.25, -0.2) is 0 Å². The molecule has 2 nitrogen and oxygen atoms in total. The number of carbonyl (C=O) groups is 1. The minimum atomic E-state index is -0.177. The largest absolute Gasteiger partial charge is 0.305 e. The van der Waals surface area contributed by atoms with Crippen molar-refractivity contribution in [2.75, 3.05) is 20.1 Å². The fourth-order valence-corrected chi connectivity index (χ4v) is 1.54. The van der Waals surface area contributed by atoms with E-state index >= 15 is 0 Å². The molecule has 0 bridgehead atoms. The lowest BCUT2D eigenvalue weighted by molar-refractivity contribution is -0.115. The van der Waals surface area contributed by atoms with Gasteiger partial charge in [-0.1, -0.05) is 13.8 Å². The van der Waals surface area contributed by atoms with Crippen molar-refractivity contribution in [2.45, 2.75) is 26.7 Å². The van der Waals surface area contributed by atoms with Crippen LogP contribution in [0.5, 0.6) is 0 Å². The molecule has 1 fully saturated rings. The van der Waals surface area contributed by atoms with Gasteiger partial charge in [0.15, 0.2) is 0 Å². The molecule has 0 aliphatic heterocycles. The van der Waals surface area contributed by atoms with Gasteiger partial charge in [-0.05, 0) is 25.8 Å². The topological polar surface area (TPSA) is 20.3 Å². The first kappa shape index (κ1) is 9.72. The van der Waals surface area contributed by atoms with Crippen LogP contribution in [0.25, 0.3) is 0 Å². The first-order valence-corrected chi connectivity index (χ1v) is 4.68. The van der Waals surface area contributed by atoms with Crippen LogP contribution in [-0.2, 0) is 4.79 Å².